The van der Waals surface area contributed by atoms with Gasteiger partial charge in [-0.3, -0.25) is 9.48 Å². The van der Waals surface area contributed by atoms with Crippen LogP contribution in [0.25, 0.3) is 0 Å². The lowest BCUT2D eigenvalue weighted by Gasteiger charge is -2.35. The molecule has 0 radical (unpaired) electrons. The molecule has 9 nitrogen and oxygen atoms in total. The van der Waals surface area contributed by atoms with Gasteiger partial charge in [-0.15, -0.1) is 0 Å². The molecule has 1 aromatic heterocycles. The van der Waals surface area contributed by atoms with Crippen LogP contribution >= 0.6 is 0 Å². The number of anilines is 1. The fourth-order valence-electron chi connectivity index (χ4n) is 3.07. The van der Waals surface area contributed by atoms with Gasteiger partial charge in [0.2, 0.25) is 0 Å². The Morgan fingerprint density at radius 3 is 2.69 bits per heavy atom. The van der Waals surface area contributed by atoms with Gasteiger partial charge in [-0.2, -0.15) is 10.4 Å². The molecular weight excluding hydrogens is 336 g/mol. The first kappa shape index (κ1) is 17.4. The van der Waals surface area contributed by atoms with Gasteiger partial charge in [0.1, 0.15) is 0 Å². The van der Waals surface area contributed by atoms with Crippen LogP contribution < -0.4 is 11.1 Å². The first-order chi connectivity index (χ1) is 12.4. The Bertz CT molecular complexity index is 896. The molecule has 0 fully saturated rings. The number of aromatic nitrogens is 2. The van der Waals surface area contributed by atoms with Gasteiger partial charge >= 0.3 is 6.03 Å². The predicted molar refractivity (Wildman–Crippen MR) is 92.1 cm³/mol. The van der Waals surface area contributed by atoms with Crippen molar-refractivity contribution in [3.8, 4) is 6.07 Å². The van der Waals surface area contributed by atoms with E-state index in [1.807, 2.05) is 6.07 Å². The van der Waals surface area contributed by atoms with E-state index < -0.39 is 18.0 Å². The number of hydrogen-bond acceptors (Lipinski definition) is 5. The van der Waals surface area contributed by atoms with Crippen molar-refractivity contribution in [3.05, 3.63) is 46.8 Å². The molecule has 0 saturated heterocycles. The maximum absolute atomic E-state index is 12.7. The van der Waals surface area contributed by atoms with Crippen LogP contribution in [-0.4, -0.2) is 44.4 Å². The molecule has 0 bridgehead atoms. The number of urea groups is 1. The number of amides is 3. The van der Waals surface area contributed by atoms with Crippen LogP contribution in [0.5, 0.6) is 0 Å². The summed E-state index contributed by atoms with van der Waals surface area (Å²) in [5, 5.41) is 25.5. The van der Waals surface area contributed by atoms with E-state index in [1.165, 1.54) is 4.90 Å². The SMILES string of the molecule is Cc1nn2c(c1C(N)=O)CN(C(=O)Nc1ccc(C#N)cc1)C(CO)C2. The molecule has 134 valence electrons. The molecule has 1 unspecified atom stereocenters. The van der Waals surface area contributed by atoms with E-state index in [1.54, 1.807) is 35.9 Å². The zero-order valence-corrected chi connectivity index (χ0v) is 14.1. The molecule has 4 N–H and O–H groups in total. The summed E-state index contributed by atoms with van der Waals surface area (Å²) in [7, 11) is 0. The molecule has 1 aliphatic rings. The summed E-state index contributed by atoms with van der Waals surface area (Å²) in [6, 6.07) is 7.54. The highest BCUT2D eigenvalue weighted by atomic mass is 16.3. The number of nitrogens with zero attached hydrogens (tertiary/aromatic N) is 4. The zero-order chi connectivity index (χ0) is 18.8. The maximum atomic E-state index is 12.7. The minimum absolute atomic E-state index is 0.104. The number of aliphatic hydroxyl groups is 1. The van der Waals surface area contributed by atoms with Gasteiger partial charge in [0.25, 0.3) is 5.91 Å². The van der Waals surface area contributed by atoms with E-state index >= 15 is 0 Å². The number of nitriles is 1. The fraction of sp³-hybridized carbons (Fsp3) is 0.294. The Balaban J connectivity index is 1.85. The van der Waals surface area contributed by atoms with Crippen molar-refractivity contribution in [1.29, 1.82) is 5.26 Å². The van der Waals surface area contributed by atoms with E-state index in [-0.39, 0.29) is 19.7 Å². The number of hydrogen-bond donors (Lipinski definition) is 3. The van der Waals surface area contributed by atoms with Gasteiger partial charge in [-0.25, -0.2) is 4.79 Å². The van der Waals surface area contributed by atoms with Crippen LogP contribution in [0.1, 0.15) is 27.3 Å². The van der Waals surface area contributed by atoms with Gasteiger partial charge in [0, 0.05) is 5.69 Å². The summed E-state index contributed by atoms with van der Waals surface area (Å²) in [6.07, 6.45) is 0. The molecular formula is C17H18N6O3. The second-order valence-corrected chi connectivity index (χ2v) is 6.04. The highest BCUT2D eigenvalue weighted by Gasteiger charge is 2.33. The molecule has 0 saturated carbocycles. The Kier molecular flexibility index (Phi) is 4.60. The van der Waals surface area contributed by atoms with Gasteiger partial charge in [0.15, 0.2) is 0 Å². The van der Waals surface area contributed by atoms with Crippen molar-refractivity contribution in [3.63, 3.8) is 0 Å². The maximum Gasteiger partial charge on any atom is 0.322 e. The number of fused-ring (bicyclic) bond motifs is 1. The smallest absolute Gasteiger partial charge is 0.322 e. The molecule has 0 aliphatic carbocycles. The number of aryl methyl sites for hydroxylation is 1. The van der Waals surface area contributed by atoms with Gasteiger partial charge in [-0.05, 0) is 31.2 Å². The lowest BCUT2D eigenvalue weighted by Crippen LogP contribution is -2.50. The van der Waals surface area contributed by atoms with Crippen LogP contribution in [-0.2, 0) is 13.1 Å². The van der Waals surface area contributed by atoms with Crippen LogP contribution in [0.3, 0.4) is 0 Å². The Hall–Kier alpha value is -3.38. The third-order valence-corrected chi connectivity index (χ3v) is 4.36. The summed E-state index contributed by atoms with van der Waals surface area (Å²) in [6.45, 7) is 1.80. The summed E-state index contributed by atoms with van der Waals surface area (Å²) < 4.78 is 1.61. The third kappa shape index (κ3) is 3.10. The average Bonchev–Trinajstić information content (AvgIpc) is 2.95. The van der Waals surface area contributed by atoms with Crippen LogP contribution in [0.4, 0.5) is 10.5 Å². The molecule has 2 heterocycles. The number of aliphatic hydroxyl groups excluding tert-OH is 1. The molecule has 1 aromatic carbocycles. The Morgan fingerprint density at radius 1 is 1.42 bits per heavy atom. The molecule has 9 heteroatoms. The monoisotopic (exact) mass is 354 g/mol. The third-order valence-electron chi connectivity index (χ3n) is 4.36. The average molecular weight is 354 g/mol. The van der Waals surface area contributed by atoms with Crippen molar-refractivity contribution in [2.45, 2.75) is 26.1 Å². The number of primary amides is 1. The van der Waals surface area contributed by atoms with Gasteiger partial charge in [-0.1, -0.05) is 0 Å². The number of nitrogens with one attached hydrogen (secondary N) is 1. The minimum Gasteiger partial charge on any atom is -0.394 e. The van der Waals surface area contributed by atoms with Crippen molar-refractivity contribution < 1.29 is 14.7 Å². The van der Waals surface area contributed by atoms with Crippen molar-refractivity contribution >= 4 is 17.6 Å². The highest BCUT2D eigenvalue weighted by molar-refractivity contribution is 5.95. The van der Waals surface area contributed by atoms with Crippen LogP contribution in [0, 0.1) is 18.3 Å². The molecule has 0 spiro atoms. The van der Waals surface area contributed by atoms with E-state index in [0.717, 1.165) is 0 Å². The minimum atomic E-state index is -0.598. The lowest BCUT2D eigenvalue weighted by atomic mass is 10.1. The number of rotatable bonds is 3. The summed E-state index contributed by atoms with van der Waals surface area (Å²) >= 11 is 0. The number of carbonyl (C=O) groups is 2. The molecule has 26 heavy (non-hydrogen) atoms. The van der Waals surface area contributed by atoms with Crippen LogP contribution in [0.2, 0.25) is 0 Å². The van der Waals surface area contributed by atoms with Crippen molar-refractivity contribution in [2.75, 3.05) is 11.9 Å². The number of benzene rings is 1. The molecule has 1 aliphatic heterocycles. The standard InChI is InChI=1S/C17H18N6O3/c1-10-15(16(19)25)14-8-22(13(9-24)7-23(14)21-10)17(26)20-12-4-2-11(6-18)3-5-12/h2-5,13,24H,7-9H2,1H3,(H2,19,25)(H,20,26). The van der Waals surface area contributed by atoms with Crippen molar-refractivity contribution in [2.24, 2.45) is 5.73 Å². The molecule has 2 aromatic rings. The molecule has 3 rings (SSSR count). The summed E-state index contributed by atoms with van der Waals surface area (Å²) in [4.78, 5) is 25.8. The lowest BCUT2D eigenvalue weighted by molar-refractivity contribution is 0.0973. The second kappa shape index (κ2) is 6.85. The summed E-state index contributed by atoms with van der Waals surface area (Å²) in [5.74, 6) is -0.598. The summed E-state index contributed by atoms with van der Waals surface area (Å²) in [5.41, 5.74) is 7.80. The number of carbonyl (C=O) groups excluding carboxylic acids is 2. The quantitative estimate of drug-likeness (QED) is 0.740. The Labute approximate surface area is 149 Å². The first-order valence-electron chi connectivity index (χ1n) is 7.99. The first-order valence-corrected chi connectivity index (χ1v) is 7.99. The number of nitrogens with two attached hydrogens (primary N) is 1. The largest absolute Gasteiger partial charge is 0.394 e. The topological polar surface area (TPSA) is 137 Å². The molecule has 1 atom stereocenters. The second-order valence-electron chi connectivity index (χ2n) is 6.04. The van der Waals surface area contributed by atoms with Gasteiger partial charge in [0.05, 0.1) is 54.3 Å². The van der Waals surface area contributed by atoms with E-state index in [0.29, 0.717) is 28.2 Å². The zero-order valence-electron chi connectivity index (χ0n) is 14.1. The highest BCUT2D eigenvalue weighted by Crippen LogP contribution is 2.24. The van der Waals surface area contributed by atoms with E-state index in [9.17, 15) is 14.7 Å². The van der Waals surface area contributed by atoms with E-state index in [4.69, 9.17) is 11.0 Å². The normalized spacial score (nSPS) is 15.9. The predicted octanol–water partition coefficient (Wildman–Crippen LogP) is 0.571. The van der Waals surface area contributed by atoms with Crippen LogP contribution in [0.15, 0.2) is 24.3 Å². The van der Waals surface area contributed by atoms with E-state index in [2.05, 4.69) is 10.4 Å². The Morgan fingerprint density at radius 2 is 2.12 bits per heavy atom. The van der Waals surface area contributed by atoms with Crippen molar-refractivity contribution in [1.82, 2.24) is 14.7 Å². The molecule has 3 amide bonds. The fourth-order valence-corrected chi connectivity index (χ4v) is 3.07. The van der Waals surface area contributed by atoms with Gasteiger partial charge < -0.3 is 21.1 Å².